The van der Waals surface area contributed by atoms with Gasteiger partial charge in [-0.15, -0.1) is 0 Å². The predicted molar refractivity (Wildman–Crippen MR) is 125 cm³/mol. The van der Waals surface area contributed by atoms with Crippen molar-refractivity contribution < 1.29 is 9.18 Å². The van der Waals surface area contributed by atoms with E-state index in [9.17, 15) is 9.18 Å². The lowest BCUT2D eigenvalue weighted by Gasteiger charge is -2.37. The maximum Gasteiger partial charge on any atom is 0.272 e. The number of likely N-dealkylation sites (N-methyl/N-ethyl adjacent to an activating group) is 1. The first-order valence-corrected chi connectivity index (χ1v) is 11.2. The normalized spacial score (nSPS) is 15.6. The van der Waals surface area contributed by atoms with Crippen molar-refractivity contribution in [3.8, 4) is 5.69 Å². The molecule has 0 spiro atoms. The van der Waals surface area contributed by atoms with Crippen molar-refractivity contribution >= 4 is 11.6 Å². The first kappa shape index (κ1) is 22.0. The number of rotatable bonds is 6. The SMILES string of the molecule is CCN1CCN(c2ccc(F)cc2C(C)NC(=O)c2cc(C)n(-c3ccccc3)n2)CC1. The summed E-state index contributed by atoms with van der Waals surface area (Å²) < 4.78 is 15.9. The summed E-state index contributed by atoms with van der Waals surface area (Å²) in [4.78, 5) is 17.7. The van der Waals surface area contributed by atoms with Gasteiger partial charge in [0, 0.05) is 43.1 Å². The van der Waals surface area contributed by atoms with E-state index in [0.29, 0.717) is 5.69 Å². The van der Waals surface area contributed by atoms with E-state index in [1.54, 1.807) is 10.7 Å². The van der Waals surface area contributed by atoms with Crippen LogP contribution in [0.25, 0.3) is 5.69 Å². The molecule has 3 aromatic rings. The van der Waals surface area contributed by atoms with E-state index in [4.69, 9.17) is 0 Å². The molecule has 0 saturated carbocycles. The lowest BCUT2D eigenvalue weighted by Crippen LogP contribution is -2.46. The molecule has 1 amide bonds. The Morgan fingerprint density at radius 3 is 2.50 bits per heavy atom. The number of para-hydroxylation sites is 1. The van der Waals surface area contributed by atoms with E-state index < -0.39 is 0 Å². The molecule has 1 fully saturated rings. The third-order valence-electron chi connectivity index (χ3n) is 6.08. The molecule has 1 atom stereocenters. The summed E-state index contributed by atoms with van der Waals surface area (Å²) in [5.41, 5.74) is 3.86. The summed E-state index contributed by atoms with van der Waals surface area (Å²) in [6.07, 6.45) is 0. The van der Waals surface area contributed by atoms with Crippen molar-refractivity contribution in [3.63, 3.8) is 0 Å². The van der Waals surface area contributed by atoms with Gasteiger partial charge in [0.25, 0.3) is 5.91 Å². The van der Waals surface area contributed by atoms with Crippen molar-refractivity contribution in [3.05, 3.63) is 77.4 Å². The number of aryl methyl sites for hydroxylation is 1. The van der Waals surface area contributed by atoms with Crippen LogP contribution >= 0.6 is 0 Å². The van der Waals surface area contributed by atoms with Crippen molar-refractivity contribution in [2.75, 3.05) is 37.6 Å². The zero-order valence-corrected chi connectivity index (χ0v) is 18.9. The fourth-order valence-electron chi connectivity index (χ4n) is 4.23. The molecule has 1 saturated heterocycles. The van der Waals surface area contributed by atoms with Crippen LogP contribution in [0.5, 0.6) is 0 Å². The Morgan fingerprint density at radius 2 is 1.81 bits per heavy atom. The van der Waals surface area contributed by atoms with Gasteiger partial charge < -0.3 is 15.1 Å². The van der Waals surface area contributed by atoms with Gasteiger partial charge >= 0.3 is 0 Å². The van der Waals surface area contributed by atoms with Gasteiger partial charge in [0.1, 0.15) is 5.82 Å². The third kappa shape index (κ3) is 4.67. The van der Waals surface area contributed by atoms with Crippen LogP contribution in [0.4, 0.5) is 10.1 Å². The molecule has 4 rings (SSSR count). The Hall–Kier alpha value is -3.19. The minimum atomic E-state index is -0.361. The first-order valence-electron chi connectivity index (χ1n) is 11.2. The molecule has 1 aromatic heterocycles. The molecule has 1 aliphatic rings. The minimum Gasteiger partial charge on any atom is -0.369 e. The second-order valence-electron chi connectivity index (χ2n) is 8.24. The van der Waals surface area contributed by atoms with E-state index in [0.717, 1.165) is 55.4 Å². The molecule has 0 radical (unpaired) electrons. The molecular weight excluding hydrogens is 405 g/mol. The van der Waals surface area contributed by atoms with E-state index in [1.807, 2.05) is 50.2 Å². The van der Waals surface area contributed by atoms with E-state index >= 15 is 0 Å². The number of carbonyl (C=O) groups is 1. The summed E-state index contributed by atoms with van der Waals surface area (Å²) in [5.74, 6) is -0.581. The van der Waals surface area contributed by atoms with Crippen molar-refractivity contribution in [1.29, 1.82) is 0 Å². The number of benzene rings is 2. The summed E-state index contributed by atoms with van der Waals surface area (Å²) in [5, 5.41) is 7.50. The minimum absolute atomic E-state index is 0.277. The molecule has 1 N–H and O–H groups in total. The maximum atomic E-state index is 14.1. The number of aromatic nitrogens is 2. The van der Waals surface area contributed by atoms with Crippen molar-refractivity contribution in [2.24, 2.45) is 0 Å². The summed E-state index contributed by atoms with van der Waals surface area (Å²) in [6, 6.07) is 16.0. The smallest absolute Gasteiger partial charge is 0.272 e. The van der Waals surface area contributed by atoms with E-state index in [-0.39, 0.29) is 17.8 Å². The number of piperazine rings is 1. The van der Waals surface area contributed by atoms with Crippen LogP contribution in [-0.4, -0.2) is 53.3 Å². The molecule has 168 valence electrons. The molecule has 6 nitrogen and oxygen atoms in total. The van der Waals surface area contributed by atoms with Gasteiger partial charge in [-0.05, 0) is 56.8 Å². The Balaban J connectivity index is 1.52. The first-order chi connectivity index (χ1) is 15.5. The number of nitrogens with one attached hydrogen (secondary N) is 1. The molecule has 7 heteroatoms. The van der Waals surface area contributed by atoms with Gasteiger partial charge in [-0.25, -0.2) is 9.07 Å². The molecule has 2 aromatic carbocycles. The van der Waals surface area contributed by atoms with Crippen LogP contribution in [0.15, 0.2) is 54.6 Å². The average Bonchev–Trinajstić information content (AvgIpc) is 3.21. The van der Waals surface area contributed by atoms with Crippen LogP contribution in [0.2, 0.25) is 0 Å². The molecule has 1 aliphatic heterocycles. The predicted octanol–water partition coefficient (Wildman–Crippen LogP) is 3.95. The molecule has 2 heterocycles. The highest BCUT2D eigenvalue weighted by atomic mass is 19.1. The lowest BCUT2D eigenvalue weighted by atomic mass is 10.0. The van der Waals surface area contributed by atoms with Crippen LogP contribution < -0.4 is 10.2 Å². The highest BCUT2D eigenvalue weighted by Gasteiger charge is 2.23. The Bertz CT molecular complexity index is 1070. The summed E-state index contributed by atoms with van der Waals surface area (Å²) in [7, 11) is 0. The largest absolute Gasteiger partial charge is 0.369 e. The number of hydrogen-bond acceptors (Lipinski definition) is 4. The van der Waals surface area contributed by atoms with Gasteiger partial charge in [-0.2, -0.15) is 5.10 Å². The Morgan fingerprint density at radius 1 is 1.09 bits per heavy atom. The van der Waals surface area contributed by atoms with Crippen LogP contribution in [0.3, 0.4) is 0 Å². The fraction of sp³-hybridized carbons (Fsp3) is 0.360. The third-order valence-corrected chi connectivity index (χ3v) is 6.08. The van der Waals surface area contributed by atoms with Crippen LogP contribution in [-0.2, 0) is 0 Å². The summed E-state index contributed by atoms with van der Waals surface area (Å²) >= 11 is 0. The number of nitrogens with zero attached hydrogens (tertiary/aromatic N) is 4. The number of anilines is 1. The summed E-state index contributed by atoms with van der Waals surface area (Å²) in [6.45, 7) is 10.7. The van der Waals surface area contributed by atoms with E-state index in [2.05, 4.69) is 27.1 Å². The molecule has 0 bridgehead atoms. The molecule has 1 unspecified atom stereocenters. The van der Waals surface area contributed by atoms with Crippen LogP contribution in [0, 0.1) is 12.7 Å². The Labute approximate surface area is 188 Å². The Kier molecular flexibility index (Phi) is 6.55. The average molecular weight is 436 g/mol. The van der Waals surface area contributed by atoms with Gasteiger partial charge in [-0.3, -0.25) is 4.79 Å². The highest BCUT2D eigenvalue weighted by molar-refractivity contribution is 5.92. The van der Waals surface area contributed by atoms with Gasteiger partial charge in [0.2, 0.25) is 0 Å². The maximum absolute atomic E-state index is 14.1. The molecule has 32 heavy (non-hydrogen) atoms. The standard InChI is InChI=1S/C25H30FN5O/c1-4-29-12-14-30(15-13-29)24-11-10-20(26)17-22(24)19(3)27-25(32)23-16-18(2)31(28-23)21-8-6-5-7-9-21/h5-11,16-17,19H,4,12-15H2,1-3H3,(H,27,32). The topological polar surface area (TPSA) is 53.4 Å². The van der Waals surface area contributed by atoms with Gasteiger partial charge in [0.05, 0.1) is 11.7 Å². The highest BCUT2D eigenvalue weighted by Crippen LogP contribution is 2.28. The number of carbonyl (C=O) groups excluding carboxylic acids is 1. The zero-order valence-electron chi connectivity index (χ0n) is 18.9. The monoisotopic (exact) mass is 435 g/mol. The second-order valence-corrected chi connectivity index (χ2v) is 8.24. The van der Waals surface area contributed by atoms with Gasteiger partial charge in [0.15, 0.2) is 5.69 Å². The van der Waals surface area contributed by atoms with Crippen molar-refractivity contribution in [1.82, 2.24) is 20.0 Å². The number of halogens is 1. The van der Waals surface area contributed by atoms with Gasteiger partial charge in [-0.1, -0.05) is 25.1 Å². The molecule has 0 aliphatic carbocycles. The second kappa shape index (κ2) is 9.53. The van der Waals surface area contributed by atoms with Crippen LogP contribution in [0.1, 0.15) is 41.6 Å². The fourth-order valence-corrected chi connectivity index (χ4v) is 4.23. The molecular formula is C25H30FN5O. The zero-order chi connectivity index (χ0) is 22.7. The number of hydrogen-bond donors (Lipinski definition) is 1. The quantitative estimate of drug-likeness (QED) is 0.637. The lowest BCUT2D eigenvalue weighted by molar-refractivity contribution is 0.0934. The van der Waals surface area contributed by atoms with E-state index in [1.165, 1.54) is 12.1 Å². The number of amides is 1. The van der Waals surface area contributed by atoms with Crippen molar-refractivity contribution in [2.45, 2.75) is 26.8 Å².